The molecule has 5 nitrogen and oxygen atoms in total. The van der Waals surface area contributed by atoms with Crippen molar-refractivity contribution in [2.75, 3.05) is 6.54 Å². The second-order valence-corrected chi connectivity index (χ2v) is 4.44. The fraction of sp³-hybridized carbons (Fsp3) is 0.818. The smallest absolute Gasteiger partial charge is 0.321 e. The quantitative estimate of drug-likeness (QED) is 0.616. The van der Waals surface area contributed by atoms with Gasteiger partial charge in [-0.05, 0) is 12.3 Å². The number of nitrogens with two attached hydrogens (primary N) is 1. The number of hydrogen-bond acceptors (Lipinski definition) is 3. The Balaban J connectivity index is 2.07. The number of nitrogens with one attached hydrogen (secondary N) is 1. The number of carbonyl (C=O) groups excluding carboxylic acids is 1. The molecule has 1 aliphatic carbocycles. The summed E-state index contributed by atoms with van der Waals surface area (Å²) >= 11 is 0. The SMILES string of the molecule is NC(CC(=O)NCCC1CCCC1)C(=O)O. The predicted octanol–water partition coefficient (Wildman–Crippen LogP) is 0.485. The van der Waals surface area contributed by atoms with E-state index in [1.54, 1.807) is 0 Å². The molecule has 16 heavy (non-hydrogen) atoms. The molecular formula is C11H20N2O3. The number of carbonyl (C=O) groups is 2. The summed E-state index contributed by atoms with van der Waals surface area (Å²) < 4.78 is 0. The third kappa shape index (κ3) is 4.61. The zero-order valence-corrected chi connectivity index (χ0v) is 9.45. The zero-order valence-electron chi connectivity index (χ0n) is 9.45. The molecule has 0 aliphatic heterocycles. The van der Waals surface area contributed by atoms with E-state index in [0.717, 1.165) is 12.3 Å². The molecule has 1 saturated carbocycles. The highest BCUT2D eigenvalue weighted by molar-refractivity contribution is 5.84. The second-order valence-electron chi connectivity index (χ2n) is 4.44. The molecule has 92 valence electrons. The van der Waals surface area contributed by atoms with Gasteiger partial charge in [0, 0.05) is 6.54 Å². The third-order valence-corrected chi connectivity index (χ3v) is 3.07. The molecule has 0 spiro atoms. The molecule has 0 aromatic carbocycles. The van der Waals surface area contributed by atoms with Gasteiger partial charge in [-0.15, -0.1) is 0 Å². The maximum Gasteiger partial charge on any atom is 0.321 e. The highest BCUT2D eigenvalue weighted by Crippen LogP contribution is 2.26. The normalized spacial score (nSPS) is 18.3. The summed E-state index contributed by atoms with van der Waals surface area (Å²) in [6.07, 6.45) is 5.95. The predicted molar refractivity (Wildman–Crippen MR) is 59.8 cm³/mol. The minimum atomic E-state index is -1.13. The van der Waals surface area contributed by atoms with E-state index >= 15 is 0 Å². The summed E-state index contributed by atoms with van der Waals surface area (Å²) in [6, 6.07) is -1.09. The maximum absolute atomic E-state index is 11.3. The van der Waals surface area contributed by atoms with Crippen LogP contribution in [0.5, 0.6) is 0 Å². The van der Waals surface area contributed by atoms with E-state index in [9.17, 15) is 9.59 Å². The highest BCUT2D eigenvalue weighted by atomic mass is 16.4. The van der Waals surface area contributed by atoms with E-state index < -0.39 is 12.0 Å². The molecule has 1 amide bonds. The first kappa shape index (κ1) is 13.0. The number of rotatable bonds is 6. The fourth-order valence-corrected chi connectivity index (χ4v) is 2.07. The van der Waals surface area contributed by atoms with E-state index in [4.69, 9.17) is 10.8 Å². The van der Waals surface area contributed by atoms with Crippen LogP contribution in [0.2, 0.25) is 0 Å². The molecule has 4 N–H and O–H groups in total. The topological polar surface area (TPSA) is 92.4 Å². The van der Waals surface area contributed by atoms with E-state index in [1.807, 2.05) is 0 Å². The number of carboxylic acids is 1. The third-order valence-electron chi connectivity index (χ3n) is 3.07. The Morgan fingerprint density at radius 1 is 1.38 bits per heavy atom. The molecule has 1 atom stereocenters. The van der Waals surface area contributed by atoms with Crippen LogP contribution in [0, 0.1) is 5.92 Å². The van der Waals surface area contributed by atoms with Crippen LogP contribution in [0.1, 0.15) is 38.5 Å². The Hall–Kier alpha value is -1.10. The van der Waals surface area contributed by atoms with Crippen molar-refractivity contribution in [1.82, 2.24) is 5.32 Å². The van der Waals surface area contributed by atoms with Gasteiger partial charge in [0.1, 0.15) is 6.04 Å². The van der Waals surface area contributed by atoms with Crippen LogP contribution >= 0.6 is 0 Å². The van der Waals surface area contributed by atoms with Crippen molar-refractivity contribution < 1.29 is 14.7 Å². The fourth-order valence-electron chi connectivity index (χ4n) is 2.07. The molecular weight excluding hydrogens is 208 g/mol. The van der Waals surface area contributed by atoms with Gasteiger partial charge in [0.25, 0.3) is 0 Å². The molecule has 0 radical (unpaired) electrons. The Morgan fingerprint density at radius 3 is 2.56 bits per heavy atom. The lowest BCUT2D eigenvalue weighted by molar-refractivity contribution is -0.140. The second kappa shape index (κ2) is 6.48. The van der Waals surface area contributed by atoms with Crippen molar-refractivity contribution in [2.24, 2.45) is 11.7 Å². The molecule has 0 bridgehead atoms. The van der Waals surface area contributed by atoms with Gasteiger partial charge in [0.15, 0.2) is 0 Å². The molecule has 0 aromatic heterocycles. The van der Waals surface area contributed by atoms with Gasteiger partial charge in [-0.25, -0.2) is 0 Å². The molecule has 0 saturated heterocycles. The number of amides is 1. The summed E-state index contributed by atoms with van der Waals surface area (Å²) in [5.41, 5.74) is 5.25. The summed E-state index contributed by atoms with van der Waals surface area (Å²) in [5, 5.41) is 11.2. The van der Waals surface area contributed by atoms with Crippen LogP contribution in [0.15, 0.2) is 0 Å². The molecule has 0 aromatic rings. The molecule has 5 heteroatoms. The molecule has 1 aliphatic rings. The van der Waals surface area contributed by atoms with Crippen molar-refractivity contribution in [2.45, 2.75) is 44.6 Å². The first-order valence-electron chi connectivity index (χ1n) is 5.84. The van der Waals surface area contributed by atoms with Crippen molar-refractivity contribution >= 4 is 11.9 Å². The van der Waals surface area contributed by atoms with Crippen LogP contribution < -0.4 is 11.1 Å². The molecule has 1 rings (SSSR count). The monoisotopic (exact) mass is 228 g/mol. The van der Waals surface area contributed by atoms with Crippen molar-refractivity contribution in [3.05, 3.63) is 0 Å². The highest BCUT2D eigenvalue weighted by Gasteiger charge is 2.17. The summed E-state index contributed by atoms with van der Waals surface area (Å²) in [7, 11) is 0. The van der Waals surface area contributed by atoms with Crippen molar-refractivity contribution in [1.29, 1.82) is 0 Å². The standard InChI is InChI=1S/C11H20N2O3/c12-9(11(15)16)7-10(14)13-6-5-8-3-1-2-4-8/h8-9H,1-7,12H2,(H,13,14)(H,15,16). The van der Waals surface area contributed by atoms with Gasteiger partial charge < -0.3 is 16.2 Å². The first-order chi connectivity index (χ1) is 7.59. The average molecular weight is 228 g/mol. The Labute approximate surface area is 95.4 Å². The molecule has 0 heterocycles. The summed E-state index contributed by atoms with van der Waals surface area (Å²) in [5.74, 6) is -0.674. The number of hydrogen-bond donors (Lipinski definition) is 3. The molecule has 1 unspecified atom stereocenters. The Bertz CT molecular complexity index is 250. The van der Waals surface area contributed by atoms with Gasteiger partial charge in [-0.2, -0.15) is 0 Å². The van der Waals surface area contributed by atoms with Gasteiger partial charge in [0.2, 0.25) is 5.91 Å². The van der Waals surface area contributed by atoms with Gasteiger partial charge in [0.05, 0.1) is 6.42 Å². The van der Waals surface area contributed by atoms with Crippen molar-refractivity contribution in [3.63, 3.8) is 0 Å². The van der Waals surface area contributed by atoms with Gasteiger partial charge in [-0.1, -0.05) is 25.7 Å². The van der Waals surface area contributed by atoms with Gasteiger partial charge in [-0.3, -0.25) is 9.59 Å². The van der Waals surface area contributed by atoms with Crippen LogP contribution in [-0.2, 0) is 9.59 Å². The van der Waals surface area contributed by atoms with Crippen LogP contribution in [-0.4, -0.2) is 29.6 Å². The number of carboxylic acid groups (broad SMARTS) is 1. The van der Waals surface area contributed by atoms with E-state index in [2.05, 4.69) is 5.32 Å². The Kier molecular flexibility index (Phi) is 5.25. The van der Waals surface area contributed by atoms with Crippen LogP contribution in [0.25, 0.3) is 0 Å². The molecule has 1 fully saturated rings. The first-order valence-corrected chi connectivity index (χ1v) is 5.84. The van der Waals surface area contributed by atoms with Crippen molar-refractivity contribution in [3.8, 4) is 0 Å². The lowest BCUT2D eigenvalue weighted by Gasteiger charge is -2.10. The minimum Gasteiger partial charge on any atom is -0.480 e. The number of aliphatic carboxylic acids is 1. The largest absolute Gasteiger partial charge is 0.480 e. The van der Waals surface area contributed by atoms with E-state index in [0.29, 0.717) is 6.54 Å². The van der Waals surface area contributed by atoms with E-state index in [1.165, 1.54) is 25.7 Å². The summed E-state index contributed by atoms with van der Waals surface area (Å²) in [4.78, 5) is 21.7. The lowest BCUT2D eigenvalue weighted by atomic mass is 10.0. The van der Waals surface area contributed by atoms with E-state index in [-0.39, 0.29) is 12.3 Å². The van der Waals surface area contributed by atoms with Crippen LogP contribution in [0.3, 0.4) is 0 Å². The minimum absolute atomic E-state index is 0.139. The van der Waals surface area contributed by atoms with Gasteiger partial charge >= 0.3 is 5.97 Å². The zero-order chi connectivity index (χ0) is 12.0. The van der Waals surface area contributed by atoms with Crippen LogP contribution in [0.4, 0.5) is 0 Å². The lowest BCUT2D eigenvalue weighted by Crippen LogP contribution is -2.37. The Morgan fingerprint density at radius 2 is 2.00 bits per heavy atom. The maximum atomic E-state index is 11.3. The summed E-state index contributed by atoms with van der Waals surface area (Å²) in [6.45, 7) is 0.635. The average Bonchev–Trinajstić information content (AvgIpc) is 2.70.